The molecule has 0 saturated carbocycles. The summed E-state index contributed by atoms with van der Waals surface area (Å²) in [4.78, 5) is 0.137. The molecule has 116 valence electrons. The van der Waals surface area contributed by atoms with Crippen LogP contribution < -0.4 is 9.88 Å². The van der Waals surface area contributed by atoms with Gasteiger partial charge in [-0.1, -0.05) is 25.8 Å². The number of hydrogen-bond acceptors (Lipinski definition) is 3. The number of ether oxygens (including phenoxy) is 1. The minimum Gasteiger partial charge on any atom is -0.493 e. The van der Waals surface area contributed by atoms with Crippen molar-refractivity contribution < 1.29 is 13.2 Å². The summed E-state index contributed by atoms with van der Waals surface area (Å²) in [5, 5.41) is 5.94. The maximum Gasteiger partial charge on any atom is 0.240 e. The van der Waals surface area contributed by atoms with Crippen LogP contribution in [0.1, 0.15) is 33.1 Å². The molecule has 0 bridgehead atoms. The highest BCUT2D eigenvalue weighted by Crippen LogP contribution is 2.33. The number of rotatable bonds is 7. The Morgan fingerprint density at radius 3 is 2.62 bits per heavy atom. The zero-order chi connectivity index (χ0) is 15.5. The van der Waals surface area contributed by atoms with Gasteiger partial charge in [0.1, 0.15) is 10.6 Å². The van der Waals surface area contributed by atoms with E-state index in [0.717, 1.165) is 31.3 Å². The molecule has 0 radical (unpaired) electrons. The van der Waals surface area contributed by atoms with Crippen molar-refractivity contribution in [2.75, 3.05) is 6.61 Å². The highest BCUT2D eigenvalue weighted by molar-refractivity contribution is 7.89. The fraction of sp³-hybridized carbons (Fsp3) is 0.467. The molecule has 0 saturated heterocycles. The molecule has 6 heteroatoms. The summed E-state index contributed by atoms with van der Waals surface area (Å²) >= 11 is 0. The Hall–Kier alpha value is -1.53. The second-order valence-electron chi connectivity index (χ2n) is 5.02. The van der Waals surface area contributed by atoms with Crippen LogP contribution >= 0.6 is 0 Å². The first-order valence-corrected chi connectivity index (χ1v) is 8.81. The number of benzene rings is 1. The van der Waals surface area contributed by atoms with Crippen LogP contribution in [0.15, 0.2) is 29.3 Å². The van der Waals surface area contributed by atoms with E-state index in [4.69, 9.17) is 9.88 Å². The molecule has 2 N–H and O–H groups in total. The molecule has 0 amide bonds. The number of nitrogens with zero attached hydrogens (tertiary/aromatic N) is 1. The van der Waals surface area contributed by atoms with Crippen LogP contribution in [0.25, 0.3) is 10.9 Å². The van der Waals surface area contributed by atoms with Gasteiger partial charge in [0.25, 0.3) is 0 Å². The van der Waals surface area contributed by atoms with Gasteiger partial charge >= 0.3 is 0 Å². The zero-order valence-corrected chi connectivity index (χ0v) is 13.3. The van der Waals surface area contributed by atoms with Gasteiger partial charge in [-0.05, 0) is 25.5 Å². The van der Waals surface area contributed by atoms with Crippen molar-refractivity contribution in [3.05, 3.63) is 24.4 Å². The van der Waals surface area contributed by atoms with Crippen LogP contribution in [0.2, 0.25) is 0 Å². The summed E-state index contributed by atoms with van der Waals surface area (Å²) in [7, 11) is -3.78. The normalized spacial score (nSPS) is 12.0. The molecule has 1 aromatic carbocycles. The number of aryl methyl sites for hydroxylation is 1. The molecule has 5 nitrogen and oxygen atoms in total. The molecule has 0 aliphatic rings. The van der Waals surface area contributed by atoms with Gasteiger partial charge in [0.2, 0.25) is 10.0 Å². The average molecular weight is 310 g/mol. The number of nitrogens with two attached hydrogens (primary N) is 1. The van der Waals surface area contributed by atoms with Crippen LogP contribution in [-0.4, -0.2) is 19.6 Å². The predicted octanol–water partition coefficient (Wildman–Crippen LogP) is 2.88. The number of unbranched alkanes of at least 4 members (excludes halogenated alkanes) is 2. The number of hydrogen-bond donors (Lipinski definition) is 1. The van der Waals surface area contributed by atoms with Crippen molar-refractivity contribution in [2.24, 2.45) is 5.14 Å². The lowest BCUT2D eigenvalue weighted by Gasteiger charge is -2.07. The van der Waals surface area contributed by atoms with Crippen LogP contribution in [0.5, 0.6) is 5.75 Å². The van der Waals surface area contributed by atoms with Crippen LogP contribution in [0.3, 0.4) is 0 Å². The van der Waals surface area contributed by atoms with Crippen molar-refractivity contribution in [3.8, 4) is 5.75 Å². The van der Waals surface area contributed by atoms with E-state index in [9.17, 15) is 8.42 Å². The zero-order valence-electron chi connectivity index (χ0n) is 12.5. The molecule has 1 heterocycles. The smallest absolute Gasteiger partial charge is 0.240 e. The van der Waals surface area contributed by atoms with Crippen molar-refractivity contribution in [1.29, 1.82) is 0 Å². The minimum absolute atomic E-state index is 0.137. The Labute approximate surface area is 125 Å². The summed E-state index contributed by atoms with van der Waals surface area (Å²) in [5.41, 5.74) is 0.848. The van der Waals surface area contributed by atoms with Crippen molar-refractivity contribution >= 4 is 20.9 Å². The molecule has 0 aliphatic carbocycles. The minimum atomic E-state index is -3.78. The Kier molecular flexibility index (Phi) is 4.90. The maximum atomic E-state index is 11.9. The van der Waals surface area contributed by atoms with E-state index in [-0.39, 0.29) is 4.90 Å². The number of fused-ring (bicyclic) bond motifs is 1. The molecular weight excluding hydrogens is 288 g/mol. The predicted molar refractivity (Wildman–Crippen MR) is 84.0 cm³/mol. The monoisotopic (exact) mass is 310 g/mol. The van der Waals surface area contributed by atoms with E-state index in [1.54, 1.807) is 12.3 Å². The fourth-order valence-electron chi connectivity index (χ4n) is 2.49. The molecule has 0 unspecified atom stereocenters. The van der Waals surface area contributed by atoms with E-state index >= 15 is 0 Å². The van der Waals surface area contributed by atoms with Gasteiger partial charge < -0.3 is 9.30 Å². The fourth-order valence-corrected chi connectivity index (χ4v) is 3.25. The second-order valence-corrected chi connectivity index (χ2v) is 6.55. The van der Waals surface area contributed by atoms with Crippen LogP contribution in [0.4, 0.5) is 0 Å². The summed E-state index contributed by atoms with van der Waals surface area (Å²) < 4.78 is 31.2. The van der Waals surface area contributed by atoms with Gasteiger partial charge in [0.15, 0.2) is 0 Å². The van der Waals surface area contributed by atoms with E-state index < -0.39 is 10.0 Å². The van der Waals surface area contributed by atoms with E-state index in [1.807, 2.05) is 23.6 Å². The van der Waals surface area contributed by atoms with Crippen molar-refractivity contribution in [1.82, 2.24) is 4.57 Å². The van der Waals surface area contributed by atoms with E-state index in [2.05, 4.69) is 6.92 Å². The SMILES string of the molecule is CCCCCn1cc(S(N)(=O)=O)c2c(OCC)cccc21. The van der Waals surface area contributed by atoms with E-state index in [1.165, 1.54) is 0 Å². The summed E-state index contributed by atoms with van der Waals surface area (Å²) in [5.74, 6) is 0.563. The number of sulfonamides is 1. The van der Waals surface area contributed by atoms with Gasteiger partial charge in [0, 0.05) is 12.7 Å². The van der Waals surface area contributed by atoms with Gasteiger partial charge in [-0.25, -0.2) is 13.6 Å². The largest absolute Gasteiger partial charge is 0.493 e. The highest BCUT2D eigenvalue weighted by atomic mass is 32.2. The Balaban J connectivity index is 2.59. The number of aromatic nitrogens is 1. The Morgan fingerprint density at radius 2 is 2.00 bits per heavy atom. The average Bonchev–Trinajstić information content (AvgIpc) is 2.80. The molecule has 0 fully saturated rings. The first-order chi connectivity index (χ1) is 9.99. The molecule has 1 aromatic heterocycles. The number of primary sulfonamides is 1. The third kappa shape index (κ3) is 3.39. The van der Waals surface area contributed by atoms with Crippen molar-refractivity contribution in [3.63, 3.8) is 0 Å². The quantitative estimate of drug-likeness (QED) is 0.799. The topological polar surface area (TPSA) is 74.3 Å². The van der Waals surface area contributed by atoms with E-state index in [0.29, 0.717) is 17.7 Å². The lowest BCUT2D eigenvalue weighted by Crippen LogP contribution is -2.12. The van der Waals surface area contributed by atoms with Gasteiger partial charge in [-0.3, -0.25) is 0 Å². The Bertz CT molecular complexity index is 720. The molecule has 2 aromatic rings. The summed E-state index contributed by atoms with van der Waals surface area (Å²) in [6, 6.07) is 5.55. The first kappa shape index (κ1) is 15.9. The lowest BCUT2D eigenvalue weighted by atomic mass is 10.2. The molecular formula is C15H22N2O3S. The third-order valence-electron chi connectivity index (χ3n) is 3.44. The Morgan fingerprint density at radius 1 is 1.24 bits per heavy atom. The van der Waals surface area contributed by atoms with Gasteiger partial charge in [-0.2, -0.15) is 0 Å². The van der Waals surface area contributed by atoms with Gasteiger partial charge in [0.05, 0.1) is 17.5 Å². The molecule has 21 heavy (non-hydrogen) atoms. The standard InChI is InChI=1S/C15H22N2O3S/c1-3-5-6-10-17-11-14(21(16,18)19)15-12(17)8-7-9-13(15)20-4-2/h7-9,11H,3-6,10H2,1-2H3,(H2,16,18,19). The molecule has 0 aliphatic heterocycles. The first-order valence-electron chi connectivity index (χ1n) is 7.26. The van der Waals surface area contributed by atoms with Crippen LogP contribution in [-0.2, 0) is 16.6 Å². The molecule has 2 rings (SSSR count). The molecule has 0 spiro atoms. The summed E-state index contributed by atoms with van der Waals surface area (Å²) in [6.07, 6.45) is 4.85. The molecule has 0 atom stereocenters. The summed E-state index contributed by atoms with van der Waals surface area (Å²) in [6.45, 7) is 5.25. The maximum absolute atomic E-state index is 11.9. The highest BCUT2D eigenvalue weighted by Gasteiger charge is 2.20. The lowest BCUT2D eigenvalue weighted by molar-refractivity contribution is 0.344. The third-order valence-corrected chi connectivity index (χ3v) is 4.36. The second kappa shape index (κ2) is 6.49. The van der Waals surface area contributed by atoms with Crippen LogP contribution in [0, 0.1) is 0 Å². The van der Waals surface area contributed by atoms with Gasteiger partial charge in [-0.15, -0.1) is 0 Å². The van der Waals surface area contributed by atoms with Crippen molar-refractivity contribution in [2.45, 2.75) is 44.6 Å².